The number of esters is 1. The van der Waals surface area contributed by atoms with Gasteiger partial charge >= 0.3 is 5.97 Å². The molecule has 0 saturated heterocycles. The molecule has 0 spiro atoms. The number of fused-ring (bicyclic) bond motifs is 1. The van der Waals surface area contributed by atoms with Gasteiger partial charge in [0.25, 0.3) is 0 Å². The lowest BCUT2D eigenvalue weighted by molar-refractivity contribution is 0.0603. The van der Waals surface area contributed by atoms with Crippen LogP contribution in [0.4, 0.5) is 4.39 Å². The number of nitrogens with zero attached hydrogens (tertiary/aromatic N) is 1. The van der Waals surface area contributed by atoms with Crippen LogP contribution in [0.3, 0.4) is 0 Å². The topological polar surface area (TPSA) is 39.2 Å². The monoisotopic (exact) mass is 387 g/mol. The van der Waals surface area contributed by atoms with Gasteiger partial charge in [-0.25, -0.2) is 9.18 Å². The van der Waals surface area contributed by atoms with Gasteiger partial charge in [0, 0.05) is 22.7 Å². The van der Waals surface area contributed by atoms with E-state index in [9.17, 15) is 9.18 Å². The molecular formula is C19H15BrFNO2. The van der Waals surface area contributed by atoms with Gasteiger partial charge < -0.3 is 4.74 Å². The smallest absolute Gasteiger partial charge is 0.339 e. The number of aryl methyl sites for hydroxylation is 1. The summed E-state index contributed by atoms with van der Waals surface area (Å²) in [6.07, 6.45) is 0.640. The minimum atomic E-state index is -0.498. The zero-order valence-electron chi connectivity index (χ0n) is 13.1. The Hall–Kier alpha value is -2.27. The SMILES string of the molecule is COC(=O)c1c(-c2ccccc2)c(CCBr)nc2ccc(F)cc12. The molecule has 1 heterocycles. The Kier molecular flexibility index (Phi) is 4.90. The number of pyridine rings is 1. The number of carbonyl (C=O) groups is 1. The van der Waals surface area contributed by atoms with Crippen molar-refractivity contribution < 1.29 is 13.9 Å². The van der Waals surface area contributed by atoms with Gasteiger partial charge in [-0.3, -0.25) is 4.98 Å². The van der Waals surface area contributed by atoms with Gasteiger partial charge in [0.2, 0.25) is 0 Å². The Bertz CT molecular complexity index is 897. The maximum Gasteiger partial charge on any atom is 0.339 e. The first-order valence-corrected chi connectivity index (χ1v) is 8.59. The molecule has 0 radical (unpaired) electrons. The third-order valence-corrected chi connectivity index (χ3v) is 4.20. The highest BCUT2D eigenvalue weighted by Crippen LogP contribution is 2.33. The van der Waals surface area contributed by atoms with E-state index in [4.69, 9.17) is 4.74 Å². The lowest BCUT2D eigenvalue weighted by Crippen LogP contribution is -2.09. The standard InChI is InChI=1S/C19H15BrFNO2/c1-24-19(23)18-14-11-13(21)7-8-15(14)22-16(9-10-20)17(18)12-5-3-2-4-6-12/h2-8,11H,9-10H2,1H3. The molecule has 0 amide bonds. The normalized spacial score (nSPS) is 10.8. The average molecular weight is 388 g/mol. The van der Waals surface area contributed by atoms with E-state index in [1.165, 1.54) is 19.2 Å². The zero-order valence-corrected chi connectivity index (χ0v) is 14.6. The minimum Gasteiger partial charge on any atom is -0.465 e. The quantitative estimate of drug-likeness (QED) is 0.478. The summed E-state index contributed by atoms with van der Waals surface area (Å²) < 4.78 is 18.8. The Morgan fingerprint density at radius 1 is 1.21 bits per heavy atom. The highest BCUT2D eigenvalue weighted by atomic mass is 79.9. The van der Waals surface area contributed by atoms with E-state index in [1.54, 1.807) is 6.07 Å². The molecule has 1 aromatic heterocycles. The number of aromatic nitrogens is 1. The van der Waals surface area contributed by atoms with Crippen LogP contribution >= 0.6 is 15.9 Å². The van der Waals surface area contributed by atoms with E-state index in [2.05, 4.69) is 20.9 Å². The molecule has 0 aliphatic carbocycles. The van der Waals surface area contributed by atoms with Crippen LogP contribution in [0.5, 0.6) is 0 Å². The lowest BCUT2D eigenvalue weighted by Gasteiger charge is -2.16. The summed E-state index contributed by atoms with van der Waals surface area (Å²) in [6.45, 7) is 0. The van der Waals surface area contributed by atoms with Gasteiger partial charge in [0.15, 0.2) is 0 Å². The Morgan fingerprint density at radius 2 is 1.96 bits per heavy atom. The molecule has 2 aromatic carbocycles. The van der Waals surface area contributed by atoms with E-state index < -0.39 is 11.8 Å². The molecule has 3 nitrogen and oxygen atoms in total. The van der Waals surface area contributed by atoms with Crippen LogP contribution in [0, 0.1) is 5.82 Å². The van der Waals surface area contributed by atoms with Crippen LogP contribution in [-0.4, -0.2) is 23.4 Å². The van der Waals surface area contributed by atoms with Crippen LogP contribution in [0.1, 0.15) is 16.1 Å². The van der Waals surface area contributed by atoms with Gasteiger partial charge in [0.1, 0.15) is 5.82 Å². The number of ether oxygens (including phenoxy) is 1. The molecule has 3 aromatic rings. The van der Waals surface area contributed by atoms with Crippen molar-refractivity contribution in [2.45, 2.75) is 6.42 Å². The number of halogens is 2. The van der Waals surface area contributed by atoms with E-state index in [0.29, 0.717) is 33.8 Å². The van der Waals surface area contributed by atoms with Gasteiger partial charge in [0.05, 0.1) is 23.9 Å². The Labute approximate surface area is 147 Å². The fourth-order valence-electron chi connectivity index (χ4n) is 2.79. The molecule has 0 unspecified atom stereocenters. The largest absolute Gasteiger partial charge is 0.465 e. The molecule has 0 aliphatic heterocycles. The van der Waals surface area contributed by atoms with E-state index in [0.717, 1.165) is 11.3 Å². The Balaban J connectivity index is 2.44. The Morgan fingerprint density at radius 3 is 2.62 bits per heavy atom. The molecule has 122 valence electrons. The number of hydrogen-bond donors (Lipinski definition) is 0. The number of carbonyl (C=O) groups excluding carboxylic acids is 1. The van der Waals surface area contributed by atoms with Crippen LogP contribution in [0.15, 0.2) is 48.5 Å². The first-order valence-electron chi connectivity index (χ1n) is 7.47. The lowest BCUT2D eigenvalue weighted by atomic mass is 9.93. The van der Waals surface area contributed by atoms with Crippen molar-refractivity contribution in [1.82, 2.24) is 4.98 Å². The van der Waals surface area contributed by atoms with Gasteiger partial charge in [-0.05, 0) is 23.8 Å². The van der Waals surface area contributed by atoms with Crippen LogP contribution in [0.2, 0.25) is 0 Å². The van der Waals surface area contributed by atoms with Crippen molar-refractivity contribution in [3.8, 4) is 11.1 Å². The molecule has 0 saturated carbocycles. The van der Waals surface area contributed by atoms with Gasteiger partial charge in [-0.15, -0.1) is 0 Å². The number of benzene rings is 2. The summed E-state index contributed by atoms with van der Waals surface area (Å²) in [6, 6.07) is 13.8. The number of alkyl halides is 1. The first kappa shape index (κ1) is 16.6. The molecule has 24 heavy (non-hydrogen) atoms. The molecular weight excluding hydrogens is 373 g/mol. The molecule has 0 N–H and O–H groups in total. The van der Waals surface area contributed by atoms with E-state index in [1.807, 2.05) is 30.3 Å². The summed E-state index contributed by atoms with van der Waals surface area (Å²) in [5.74, 6) is -0.913. The molecule has 0 fully saturated rings. The molecule has 3 rings (SSSR count). The number of methoxy groups -OCH3 is 1. The summed E-state index contributed by atoms with van der Waals surface area (Å²) in [5, 5.41) is 1.16. The molecule has 5 heteroatoms. The summed E-state index contributed by atoms with van der Waals surface area (Å²) in [4.78, 5) is 17.2. The zero-order chi connectivity index (χ0) is 17.1. The number of hydrogen-bond acceptors (Lipinski definition) is 3. The highest BCUT2D eigenvalue weighted by molar-refractivity contribution is 9.09. The van der Waals surface area contributed by atoms with Crippen LogP contribution < -0.4 is 0 Å². The van der Waals surface area contributed by atoms with Crippen molar-refractivity contribution in [2.75, 3.05) is 12.4 Å². The second-order valence-corrected chi connectivity index (χ2v) is 6.06. The van der Waals surface area contributed by atoms with Crippen LogP contribution in [-0.2, 0) is 11.2 Å². The third-order valence-electron chi connectivity index (χ3n) is 3.81. The van der Waals surface area contributed by atoms with Crippen molar-refractivity contribution in [1.29, 1.82) is 0 Å². The van der Waals surface area contributed by atoms with E-state index >= 15 is 0 Å². The summed E-state index contributed by atoms with van der Waals surface area (Å²) in [5.41, 5.74) is 3.25. The van der Waals surface area contributed by atoms with Crippen molar-refractivity contribution in [2.24, 2.45) is 0 Å². The maximum absolute atomic E-state index is 13.8. The van der Waals surface area contributed by atoms with Crippen LogP contribution in [0.25, 0.3) is 22.0 Å². The highest BCUT2D eigenvalue weighted by Gasteiger charge is 2.22. The van der Waals surface area contributed by atoms with Gasteiger partial charge in [-0.2, -0.15) is 0 Å². The molecule has 0 bridgehead atoms. The second kappa shape index (κ2) is 7.09. The maximum atomic E-state index is 13.8. The summed E-state index contributed by atoms with van der Waals surface area (Å²) >= 11 is 3.43. The van der Waals surface area contributed by atoms with E-state index in [-0.39, 0.29) is 0 Å². The van der Waals surface area contributed by atoms with Crippen molar-refractivity contribution in [3.63, 3.8) is 0 Å². The third kappa shape index (κ3) is 3.04. The fraction of sp³-hybridized carbons (Fsp3) is 0.158. The minimum absolute atomic E-state index is 0.351. The second-order valence-electron chi connectivity index (χ2n) is 5.27. The summed E-state index contributed by atoms with van der Waals surface area (Å²) in [7, 11) is 1.33. The fourth-order valence-corrected chi connectivity index (χ4v) is 3.16. The first-order chi connectivity index (χ1) is 11.7. The van der Waals surface area contributed by atoms with Crippen molar-refractivity contribution in [3.05, 3.63) is 65.6 Å². The predicted octanol–water partition coefficient (Wildman–Crippen LogP) is 4.76. The molecule has 0 atom stereocenters. The average Bonchev–Trinajstić information content (AvgIpc) is 2.61. The van der Waals surface area contributed by atoms with Crippen molar-refractivity contribution >= 4 is 32.8 Å². The molecule has 0 aliphatic rings. The van der Waals surface area contributed by atoms with Gasteiger partial charge in [-0.1, -0.05) is 46.3 Å². The predicted molar refractivity (Wildman–Crippen MR) is 96.0 cm³/mol. The number of rotatable bonds is 4.